The Kier molecular flexibility index (Phi) is 3.77. The monoisotopic (exact) mass is 166 g/mol. The number of aryl methyl sites for hydroxylation is 1. The van der Waals surface area contributed by atoms with E-state index in [2.05, 4.69) is 0 Å². The van der Waals surface area contributed by atoms with E-state index in [-0.39, 0.29) is 6.61 Å². The molecule has 1 aromatic rings. The van der Waals surface area contributed by atoms with E-state index in [0.717, 1.165) is 6.42 Å². The summed E-state index contributed by atoms with van der Waals surface area (Å²) in [6.45, 7) is -0.146. The standard InChI is InChI=1S/C10H14O2/c11-8-10(12)7-6-9-4-2-1-3-5-9/h1-5,10-12H,6-8H2/t10-/m0/s1. The van der Waals surface area contributed by atoms with Crippen molar-refractivity contribution in [3.63, 3.8) is 0 Å². The van der Waals surface area contributed by atoms with Crippen LogP contribution in [0.15, 0.2) is 30.3 Å². The molecule has 1 rings (SSSR count). The quantitative estimate of drug-likeness (QED) is 0.699. The first-order valence-electron chi connectivity index (χ1n) is 4.16. The van der Waals surface area contributed by atoms with Gasteiger partial charge in [-0.2, -0.15) is 0 Å². The molecule has 0 amide bonds. The molecular weight excluding hydrogens is 152 g/mol. The van der Waals surface area contributed by atoms with Gasteiger partial charge in [-0.3, -0.25) is 0 Å². The molecule has 0 spiro atoms. The lowest BCUT2D eigenvalue weighted by molar-refractivity contribution is 0.0886. The lowest BCUT2D eigenvalue weighted by atomic mass is 10.1. The van der Waals surface area contributed by atoms with E-state index in [1.807, 2.05) is 30.3 Å². The topological polar surface area (TPSA) is 40.5 Å². The summed E-state index contributed by atoms with van der Waals surface area (Å²) in [6.07, 6.45) is 0.869. The van der Waals surface area contributed by atoms with Crippen LogP contribution >= 0.6 is 0 Å². The number of aliphatic hydroxyl groups excluding tert-OH is 2. The molecule has 2 heteroatoms. The molecule has 0 fully saturated rings. The molecule has 2 nitrogen and oxygen atoms in total. The molecule has 12 heavy (non-hydrogen) atoms. The SMILES string of the molecule is OC[C@@H](O)CCc1ccccc1. The minimum atomic E-state index is -0.579. The fraction of sp³-hybridized carbons (Fsp3) is 0.400. The van der Waals surface area contributed by atoms with Gasteiger partial charge in [0.2, 0.25) is 0 Å². The molecule has 0 aromatic heterocycles. The molecule has 1 atom stereocenters. The smallest absolute Gasteiger partial charge is 0.0774 e. The summed E-state index contributed by atoms with van der Waals surface area (Å²) in [5, 5.41) is 17.6. The second kappa shape index (κ2) is 4.91. The van der Waals surface area contributed by atoms with Gasteiger partial charge in [0.05, 0.1) is 12.7 Å². The third kappa shape index (κ3) is 3.03. The summed E-state index contributed by atoms with van der Waals surface area (Å²) in [5.74, 6) is 0. The molecule has 0 saturated carbocycles. The first kappa shape index (κ1) is 9.23. The van der Waals surface area contributed by atoms with E-state index in [1.165, 1.54) is 5.56 Å². The van der Waals surface area contributed by atoms with Crippen LogP contribution in [0.4, 0.5) is 0 Å². The van der Waals surface area contributed by atoms with Gasteiger partial charge in [0.15, 0.2) is 0 Å². The van der Waals surface area contributed by atoms with Crippen LogP contribution in [-0.4, -0.2) is 22.9 Å². The molecule has 0 heterocycles. The van der Waals surface area contributed by atoms with E-state index in [4.69, 9.17) is 10.2 Å². The van der Waals surface area contributed by atoms with Gasteiger partial charge in [-0.25, -0.2) is 0 Å². The maximum absolute atomic E-state index is 9.07. The minimum Gasteiger partial charge on any atom is -0.394 e. The Labute approximate surface area is 72.5 Å². The number of hydrogen-bond donors (Lipinski definition) is 2. The Morgan fingerprint density at radius 3 is 2.42 bits per heavy atom. The summed E-state index contributed by atoms with van der Waals surface area (Å²) in [7, 11) is 0. The van der Waals surface area contributed by atoms with Crippen molar-refractivity contribution in [2.24, 2.45) is 0 Å². The Morgan fingerprint density at radius 2 is 1.83 bits per heavy atom. The van der Waals surface area contributed by atoms with Gasteiger partial charge in [-0.05, 0) is 18.4 Å². The number of benzene rings is 1. The largest absolute Gasteiger partial charge is 0.394 e. The van der Waals surface area contributed by atoms with Crippen molar-refractivity contribution in [3.8, 4) is 0 Å². The molecule has 2 N–H and O–H groups in total. The molecule has 0 bridgehead atoms. The number of hydrogen-bond acceptors (Lipinski definition) is 2. The van der Waals surface area contributed by atoms with Crippen LogP contribution in [0.3, 0.4) is 0 Å². The number of rotatable bonds is 4. The normalized spacial score (nSPS) is 12.8. The summed E-state index contributed by atoms with van der Waals surface area (Å²) in [6, 6.07) is 9.95. The summed E-state index contributed by atoms with van der Waals surface area (Å²) >= 11 is 0. The maximum atomic E-state index is 9.07. The highest BCUT2D eigenvalue weighted by atomic mass is 16.3. The van der Waals surface area contributed by atoms with Crippen LogP contribution in [0.5, 0.6) is 0 Å². The zero-order valence-corrected chi connectivity index (χ0v) is 6.98. The molecule has 0 unspecified atom stereocenters. The van der Waals surface area contributed by atoms with E-state index in [1.54, 1.807) is 0 Å². The highest BCUT2D eigenvalue weighted by Crippen LogP contribution is 2.04. The molecule has 1 aromatic carbocycles. The predicted molar refractivity (Wildman–Crippen MR) is 47.9 cm³/mol. The fourth-order valence-corrected chi connectivity index (χ4v) is 1.07. The van der Waals surface area contributed by atoms with Crippen LogP contribution in [0.1, 0.15) is 12.0 Å². The minimum absolute atomic E-state index is 0.146. The molecular formula is C10H14O2. The molecule has 0 aliphatic rings. The fourth-order valence-electron chi connectivity index (χ4n) is 1.07. The van der Waals surface area contributed by atoms with Gasteiger partial charge >= 0.3 is 0 Å². The predicted octanol–water partition coefficient (Wildman–Crippen LogP) is 0.972. The summed E-state index contributed by atoms with van der Waals surface area (Å²) in [5.41, 5.74) is 1.20. The molecule has 66 valence electrons. The second-order valence-corrected chi connectivity index (χ2v) is 2.86. The third-order valence-electron chi connectivity index (χ3n) is 1.82. The average Bonchev–Trinajstić information content (AvgIpc) is 2.16. The first-order chi connectivity index (χ1) is 5.83. The van der Waals surface area contributed by atoms with Gasteiger partial charge in [0.25, 0.3) is 0 Å². The molecule has 0 saturated heterocycles. The molecule has 0 aliphatic heterocycles. The van der Waals surface area contributed by atoms with Gasteiger partial charge in [-0.15, -0.1) is 0 Å². The Balaban J connectivity index is 2.33. The second-order valence-electron chi connectivity index (χ2n) is 2.86. The molecule has 0 radical (unpaired) electrons. The van der Waals surface area contributed by atoms with Crippen molar-refractivity contribution in [2.75, 3.05) is 6.61 Å². The first-order valence-corrected chi connectivity index (χ1v) is 4.16. The van der Waals surface area contributed by atoms with E-state index in [9.17, 15) is 0 Å². The number of aliphatic hydroxyl groups is 2. The summed E-state index contributed by atoms with van der Waals surface area (Å²) in [4.78, 5) is 0. The van der Waals surface area contributed by atoms with Crippen LogP contribution in [0, 0.1) is 0 Å². The van der Waals surface area contributed by atoms with Crippen LogP contribution in [-0.2, 0) is 6.42 Å². The lowest BCUT2D eigenvalue weighted by Gasteiger charge is -2.05. The van der Waals surface area contributed by atoms with Gasteiger partial charge in [0.1, 0.15) is 0 Å². The Bertz CT molecular complexity index is 208. The van der Waals surface area contributed by atoms with Crippen molar-refractivity contribution in [1.82, 2.24) is 0 Å². The third-order valence-corrected chi connectivity index (χ3v) is 1.82. The van der Waals surface area contributed by atoms with Crippen LogP contribution in [0.2, 0.25) is 0 Å². The van der Waals surface area contributed by atoms with Gasteiger partial charge < -0.3 is 10.2 Å². The Morgan fingerprint density at radius 1 is 1.17 bits per heavy atom. The van der Waals surface area contributed by atoms with E-state index in [0.29, 0.717) is 6.42 Å². The van der Waals surface area contributed by atoms with Crippen LogP contribution in [0.25, 0.3) is 0 Å². The lowest BCUT2D eigenvalue weighted by Crippen LogP contribution is -2.12. The zero-order chi connectivity index (χ0) is 8.81. The van der Waals surface area contributed by atoms with Crippen molar-refractivity contribution in [3.05, 3.63) is 35.9 Å². The zero-order valence-electron chi connectivity index (χ0n) is 6.98. The van der Waals surface area contributed by atoms with Crippen molar-refractivity contribution in [1.29, 1.82) is 0 Å². The Hall–Kier alpha value is -0.860. The van der Waals surface area contributed by atoms with Crippen molar-refractivity contribution in [2.45, 2.75) is 18.9 Å². The highest BCUT2D eigenvalue weighted by molar-refractivity contribution is 5.14. The van der Waals surface area contributed by atoms with Crippen LogP contribution < -0.4 is 0 Å². The van der Waals surface area contributed by atoms with Gasteiger partial charge in [-0.1, -0.05) is 30.3 Å². The van der Waals surface area contributed by atoms with Crippen molar-refractivity contribution < 1.29 is 10.2 Å². The summed E-state index contributed by atoms with van der Waals surface area (Å²) < 4.78 is 0. The molecule has 0 aliphatic carbocycles. The van der Waals surface area contributed by atoms with E-state index < -0.39 is 6.10 Å². The van der Waals surface area contributed by atoms with Gasteiger partial charge in [0, 0.05) is 0 Å². The average molecular weight is 166 g/mol. The van der Waals surface area contributed by atoms with Crippen molar-refractivity contribution >= 4 is 0 Å². The van der Waals surface area contributed by atoms with E-state index >= 15 is 0 Å². The highest BCUT2D eigenvalue weighted by Gasteiger charge is 2.01. The maximum Gasteiger partial charge on any atom is 0.0774 e.